The number of amides is 1. The van der Waals surface area contributed by atoms with Crippen molar-refractivity contribution in [2.45, 2.75) is 19.3 Å². The number of imidazole rings is 1. The third-order valence-electron chi connectivity index (χ3n) is 6.78. The Bertz CT molecular complexity index is 1730. The van der Waals surface area contributed by atoms with Crippen LogP contribution in [-0.2, 0) is 4.79 Å². The van der Waals surface area contributed by atoms with Crippen molar-refractivity contribution in [1.29, 1.82) is 0 Å². The molecule has 0 atom stereocenters. The van der Waals surface area contributed by atoms with Crippen LogP contribution in [0.4, 0.5) is 5.69 Å². The molecule has 5 aromatic heterocycles. The Morgan fingerprint density at radius 2 is 2.03 bits per heavy atom. The molecule has 0 saturated heterocycles. The molecule has 8 nitrogen and oxygen atoms in total. The number of H-pyrrole nitrogens is 2. The molecule has 0 bridgehead atoms. The van der Waals surface area contributed by atoms with E-state index in [1.54, 1.807) is 29.9 Å². The number of hydrogen-bond donors (Lipinski definition) is 3. The lowest BCUT2D eigenvalue weighted by atomic mass is 9.85. The largest absolute Gasteiger partial charge is 0.335 e. The SMILES string of the molecule is O=C(Nc1cncc(-c2ccc3[nH]nc(-c4nc5nccc(-c6cccs6)c5[nH]4)c3c2)c1)C1CCC1. The molecule has 0 spiro atoms. The standard InChI is InChI=1S/C27H21N7OS/c35-27(15-3-1-4-15)30-18-11-17(13-28-14-18)16-6-7-21-20(12-16)24(34-33-21)26-31-23-19(22-5-2-10-36-22)8-9-29-25(23)32-26/h2,5-15H,1,3-4H2,(H,30,35)(H,33,34)(H,29,31,32). The Labute approximate surface area is 209 Å². The lowest BCUT2D eigenvalue weighted by Gasteiger charge is -2.24. The number of rotatable bonds is 5. The maximum atomic E-state index is 12.4. The normalized spacial score (nSPS) is 13.8. The average molecular weight is 492 g/mol. The van der Waals surface area contributed by atoms with Gasteiger partial charge < -0.3 is 10.3 Å². The number of aromatic amines is 2. The van der Waals surface area contributed by atoms with Gasteiger partial charge in [0.05, 0.1) is 22.9 Å². The molecular weight excluding hydrogens is 470 g/mol. The third-order valence-corrected chi connectivity index (χ3v) is 7.68. The minimum absolute atomic E-state index is 0.0770. The lowest BCUT2D eigenvalue weighted by molar-refractivity contribution is -0.122. The van der Waals surface area contributed by atoms with Gasteiger partial charge in [-0.2, -0.15) is 5.10 Å². The summed E-state index contributed by atoms with van der Waals surface area (Å²) in [5.41, 5.74) is 6.85. The molecule has 5 heterocycles. The van der Waals surface area contributed by atoms with Gasteiger partial charge in [0.1, 0.15) is 5.69 Å². The minimum Gasteiger partial charge on any atom is -0.335 e. The van der Waals surface area contributed by atoms with Crippen molar-refractivity contribution < 1.29 is 4.79 Å². The average Bonchev–Trinajstić information content (AvgIpc) is 3.61. The van der Waals surface area contributed by atoms with Crippen LogP contribution in [0.3, 0.4) is 0 Å². The highest BCUT2D eigenvalue weighted by Crippen LogP contribution is 2.34. The molecule has 0 unspecified atom stereocenters. The van der Waals surface area contributed by atoms with Gasteiger partial charge in [0.2, 0.25) is 5.91 Å². The van der Waals surface area contributed by atoms with Gasteiger partial charge in [0, 0.05) is 39.7 Å². The van der Waals surface area contributed by atoms with Crippen LogP contribution in [0.15, 0.2) is 66.4 Å². The highest BCUT2D eigenvalue weighted by Gasteiger charge is 2.25. The number of hydrogen-bond acceptors (Lipinski definition) is 6. The van der Waals surface area contributed by atoms with Gasteiger partial charge in [-0.1, -0.05) is 18.6 Å². The van der Waals surface area contributed by atoms with Crippen LogP contribution >= 0.6 is 11.3 Å². The number of aromatic nitrogens is 6. The van der Waals surface area contributed by atoms with E-state index in [4.69, 9.17) is 4.98 Å². The van der Waals surface area contributed by atoms with E-state index in [1.807, 2.05) is 30.3 Å². The van der Waals surface area contributed by atoms with Crippen LogP contribution in [0.2, 0.25) is 0 Å². The van der Waals surface area contributed by atoms with Crippen molar-refractivity contribution in [2.24, 2.45) is 5.92 Å². The molecule has 3 N–H and O–H groups in total. The van der Waals surface area contributed by atoms with E-state index in [2.05, 4.69) is 48.0 Å². The zero-order valence-electron chi connectivity index (χ0n) is 19.2. The quantitative estimate of drug-likeness (QED) is 0.273. The van der Waals surface area contributed by atoms with E-state index < -0.39 is 0 Å². The van der Waals surface area contributed by atoms with E-state index in [-0.39, 0.29) is 11.8 Å². The Morgan fingerprint density at radius 3 is 2.86 bits per heavy atom. The number of carbonyl (C=O) groups excluding carboxylic acids is 1. The molecule has 6 aromatic rings. The molecular formula is C27H21N7OS. The minimum atomic E-state index is 0.0770. The lowest BCUT2D eigenvalue weighted by Crippen LogP contribution is -2.28. The Balaban J connectivity index is 1.26. The number of nitrogens with zero attached hydrogens (tertiary/aromatic N) is 4. The molecule has 7 rings (SSSR count). The van der Waals surface area contributed by atoms with E-state index in [0.717, 1.165) is 62.9 Å². The molecule has 0 aliphatic heterocycles. The summed E-state index contributed by atoms with van der Waals surface area (Å²) in [5.74, 6) is 0.856. The summed E-state index contributed by atoms with van der Waals surface area (Å²) >= 11 is 1.68. The first kappa shape index (κ1) is 21.0. The molecule has 0 radical (unpaired) electrons. The third kappa shape index (κ3) is 3.56. The number of benzene rings is 1. The smallest absolute Gasteiger partial charge is 0.227 e. The van der Waals surface area contributed by atoms with Crippen molar-refractivity contribution >= 4 is 45.0 Å². The predicted molar refractivity (Wildman–Crippen MR) is 141 cm³/mol. The summed E-state index contributed by atoms with van der Waals surface area (Å²) in [5, 5.41) is 13.7. The van der Waals surface area contributed by atoms with Crippen LogP contribution in [0.25, 0.3) is 55.2 Å². The van der Waals surface area contributed by atoms with Crippen molar-refractivity contribution in [1.82, 2.24) is 30.1 Å². The van der Waals surface area contributed by atoms with E-state index >= 15 is 0 Å². The van der Waals surface area contributed by atoms with Gasteiger partial charge in [0.25, 0.3) is 0 Å². The maximum Gasteiger partial charge on any atom is 0.227 e. The Kier molecular flexibility index (Phi) is 4.88. The molecule has 9 heteroatoms. The predicted octanol–water partition coefficient (Wildman–Crippen LogP) is 6.03. The number of fused-ring (bicyclic) bond motifs is 2. The fourth-order valence-corrected chi connectivity index (χ4v) is 5.37. The van der Waals surface area contributed by atoms with E-state index in [0.29, 0.717) is 17.2 Å². The van der Waals surface area contributed by atoms with E-state index in [9.17, 15) is 4.79 Å². The second-order valence-corrected chi connectivity index (χ2v) is 9.98. The summed E-state index contributed by atoms with van der Waals surface area (Å²) in [7, 11) is 0. The molecule has 1 aliphatic carbocycles. The highest BCUT2D eigenvalue weighted by molar-refractivity contribution is 7.13. The monoisotopic (exact) mass is 491 g/mol. The van der Waals surface area contributed by atoms with Gasteiger partial charge in [-0.25, -0.2) is 9.97 Å². The first-order valence-electron chi connectivity index (χ1n) is 11.9. The number of thiophene rings is 1. The van der Waals surface area contributed by atoms with E-state index in [1.165, 1.54) is 0 Å². The summed E-state index contributed by atoms with van der Waals surface area (Å²) in [6.45, 7) is 0. The van der Waals surface area contributed by atoms with Gasteiger partial charge in [-0.15, -0.1) is 11.3 Å². The zero-order chi connectivity index (χ0) is 24.1. The molecule has 1 fully saturated rings. The number of carbonyl (C=O) groups is 1. The van der Waals surface area contributed by atoms with Gasteiger partial charge >= 0.3 is 0 Å². The molecule has 36 heavy (non-hydrogen) atoms. The summed E-state index contributed by atoms with van der Waals surface area (Å²) in [6.07, 6.45) is 8.33. The maximum absolute atomic E-state index is 12.4. The van der Waals surface area contributed by atoms with Crippen LogP contribution in [0.1, 0.15) is 19.3 Å². The molecule has 176 valence electrons. The van der Waals surface area contributed by atoms with Crippen molar-refractivity contribution in [3.63, 3.8) is 0 Å². The van der Waals surface area contributed by atoms with Crippen LogP contribution in [0.5, 0.6) is 0 Å². The van der Waals surface area contributed by atoms with Crippen molar-refractivity contribution in [3.8, 4) is 33.1 Å². The molecule has 1 amide bonds. The number of nitrogens with one attached hydrogen (secondary N) is 3. The van der Waals surface area contributed by atoms with Crippen LogP contribution < -0.4 is 5.32 Å². The fraction of sp³-hybridized carbons (Fsp3) is 0.148. The topological polar surface area (TPSA) is 112 Å². The first-order valence-corrected chi connectivity index (χ1v) is 12.7. The zero-order valence-corrected chi connectivity index (χ0v) is 20.0. The summed E-state index contributed by atoms with van der Waals surface area (Å²) in [6, 6.07) is 14.2. The van der Waals surface area contributed by atoms with Crippen LogP contribution in [-0.4, -0.2) is 36.0 Å². The van der Waals surface area contributed by atoms with Gasteiger partial charge in [0.15, 0.2) is 11.5 Å². The van der Waals surface area contributed by atoms with Gasteiger partial charge in [-0.3, -0.25) is 14.9 Å². The second kappa shape index (κ2) is 8.39. The Hall–Kier alpha value is -4.37. The van der Waals surface area contributed by atoms with Gasteiger partial charge in [-0.05, 0) is 54.1 Å². The molecule has 1 saturated carbocycles. The van der Waals surface area contributed by atoms with Crippen molar-refractivity contribution in [3.05, 3.63) is 66.4 Å². The highest BCUT2D eigenvalue weighted by atomic mass is 32.1. The Morgan fingerprint density at radius 1 is 1.08 bits per heavy atom. The number of anilines is 1. The number of pyridine rings is 2. The summed E-state index contributed by atoms with van der Waals surface area (Å²) in [4.78, 5) is 30.6. The fourth-order valence-electron chi connectivity index (χ4n) is 4.62. The first-order chi connectivity index (χ1) is 17.7. The molecule has 1 aliphatic rings. The molecule has 1 aromatic carbocycles. The summed E-state index contributed by atoms with van der Waals surface area (Å²) < 4.78 is 0. The second-order valence-electron chi connectivity index (χ2n) is 9.03. The van der Waals surface area contributed by atoms with Crippen LogP contribution in [0, 0.1) is 5.92 Å². The van der Waals surface area contributed by atoms with Crippen molar-refractivity contribution in [2.75, 3.05) is 5.32 Å².